The Balaban J connectivity index is 0.000000179. The number of phenolic OH excluding ortho intramolecular Hbond substituents is 1. The van der Waals surface area contributed by atoms with E-state index in [1.165, 1.54) is 10.9 Å². The second-order valence-electron chi connectivity index (χ2n) is 7.26. The van der Waals surface area contributed by atoms with E-state index in [9.17, 15) is 5.11 Å². The molecule has 174 valence electrons. The Bertz CT molecular complexity index is 1500. The quantitative estimate of drug-likeness (QED) is 0.168. The molecular formula is C24H20ClN9O. The predicted octanol–water partition coefficient (Wildman–Crippen LogP) is 3.90. The van der Waals surface area contributed by atoms with E-state index < -0.39 is 0 Å². The van der Waals surface area contributed by atoms with Crippen molar-refractivity contribution < 1.29 is 5.11 Å². The number of hydrogen-bond donors (Lipinski definition) is 4. The van der Waals surface area contributed by atoms with E-state index in [1.807, 2.05) is 42.5 Å². The summed E-state index contributed by atoms with van der Waals surface area (Å²) in [6.45, 7) is 0.449. The van der Waals surface area contributed by atoms with Crippen LogP contribution in [0.3, 0.4) is 0 Å². The lowest BCUT2D eigenvalue weighted by Gasteiger charge is -2.12. The first-order chi connectivity index (χ1) is 17.0. The third-order valence-corrected chi connectivity index (χ3v) is 5.24. The number of pyridine rings is 1. The number of aromatic nitrogens is 5. The van der Waals surface area contributed by atoms with E-state index >= 15 is 0 Å². The molecule has 0 aliphatic carbocycles. The van der Waals surface area contributed by atoms with Crippen LogP contribution in [0.15, 0.2) is 73.3 Å². The van der Waals surface area contributed by atoms with E-state index in [0.29, 0.717) is 28.9 Å². The van der Waals surface area contributed by atoms with Gasteiger partial charge < -0.3 is 21.9 Å². The van der Waals surface area contributed by atoms with Gasteiger partial charge in [0.25, 0.3) is 5.95 Å². The first kappa shape index (κ1) is 23.3. The van der Waals surface area contributed by atoms with E-state index in [4.69, 9.17) is 28.3 Å². The summed E-state index contributed by atoms with van der Waals surface area (Å²) >= 11 is 5.74. The molecule has 2 aromatic carbocycles. The lowest BCUT2D eigenvalue weighted by molar-refractivity contribution is 0.472. The minimum Gasteiger partial charge on any atom is -0.505 e. The van der Waals surface area contributed by atoms with Crippen molar-refractivity contribution in [1.82, 2.24) is 24.7 Å². The number of hydrogen-bond acceptors (Lipinski definition) is 9. The zero-order valence-electron chi connectivity index (χ0n) is 18.3. The molecule has 0 aliphatic heterocycles. The topological polar surface area (TPSA) is 165 Å². The van der Waals surface area contributed by atoms with Crippen molar-refractivity contribution in [2.45, 2.75) is 6.54 Å². The van der Waals surface area contributed by atoms with Crippen LogP contribution in [0.4, 0.5) is 17.2 Å². The lowest BCUT2D eigenvalue weighted by atomic mass is 10.0. The van der Waals surface area contributed by atoms with Gasteiger partial charge in [0.1, 0.15) is 28.4 Å². The van der Waals surface area contributed by atoms with Crippen LogP contribution in [-0.2, 0) is 6.54 Å². The number of nitrogen functional groups attached to an aromatic ring is 2. The highest BCUT2D eigenvalue weighted by atomic mass is 35.5. The third-order valence-electron chi connectivity index (χ3n) is 5.02. The molecule has 3 heterocycles. The first-order valence-electron chi connectivity index (χ1n) is 10.3. The Kier molecular flexibility index (Phi) is 6.90. The second kappa shape index (κ2) is 10.4. The van der Waals surface area contributed by atoms with Crippen molar-refractivity contribution in [2.24, 2.45) is 0 Å². The standard InChI is InChI=1S/C16H14ClN3O.C8H6N6/c17-14-6-5-12(9-20-14)19-8-11-7-10-3-1-2-4-13(10)15(18)16(11)21;9-4-6-5-13-14(7(6)10)8-11-2-1-3-12-8/h1-7,9,19,21H,8,18H2;1-3,5H,10H2. The Morgan fingerprint density at radius 2 is 1.80 bits per heavy atom. The van der Waals surface area contributed by atoms with Crippen LogP contribution >= 0.6 is 11.6 Å². The van der Waals surface area contributed by atoms with Gasteiger partial charge in [0.15, 0.2) is 0 Å². The average molecular weight is 486 g/mol. The van der Waals surface area contributed by atoms with Gasteiger partial charge in [0.2, 0.25) is 0 Å². The molecule has 3 aromatic heterocycles. The number of nitrogens with one attached hydrogen (secondary N) is 1. The third kappa shape index (κ3) is 5.21. The fourth-order valence-corrected chi connectivity index (χ4v) is 3.35. The van der Waals surface area contributed by atoms with E-state index in [-0.39, 0.29) is 11.6 Å². The maximum atomic E-state index is 10.2. The summed E-state index contributed by atoms with van der Waals surface area (Å²) in [6.07, 6.45) is 6.18. The molecule has 11 heteroatoms. The van der Waals surface area contributed by atoms with Crippen LogP contribution in [0.25, 0.3) is 16.7 Å². The summed E-state index contributed by atoms with van der Waals surface area (Å²) < 4.78 is 1.32. The second-order valence-corrected chi connectivity index (χ2v) is 7.65. The summed E-state index contributed by atoms with van der Waals surface area (Å²) in [4.78, 5) is 11.9. The normalized spacial score (nSPS) is 10.3. The van der Waals surface area contributed by atoms with Crippen LogP contribution in [-0.4, -0.2) is 29.8 Å². The molecule has 6 N–H and O–H groups in total. The molecule has 0 bridgehead atoms. The molecular weight excluding hydrogens is 466 g/mol. The smallest absolute Gasteiger partial charge is 0.252 e. The van der Waals surface area contributed by atoms with Gasteiger partial charge in [-0.05, 0) is 29.7 Å². The number of rotatable bonds is 4. The summed E-state index contributed by atoms with van der Waals surface area (Å²) in [5.41, 5.74) is 13.9. The Labute approximate surface area is 205 Å². The van der Waals surface area contributed by atoms with E-state index in [0.717, 1.165) is 22.0 Å². The van der Waals surface area contributed by atoms with Crippen LogP contribution in [0.1, 0.15) is 11.1 Å². The molecule has 0 spiro atoms. The summed E-state index contributed by atoms with van der Waals surface area (Å²) in [5.74, 6) is 0.716. The molecule has 0 saturated carbocycles. The largest absolute Gasteiger partial charge is 0.505 e. The summed E-state index contributed by atoms with van der Waals surface area (Å²) in [7, 11) is 0. The minimum absolute atomic E-state index is 0.114. The zero-order chi connectivity index (χ0) is 24.8. The highest BCUT2D eigenvalue weighted by Crippen LogP contribution is 2.33. The minimum atomic E-state index is 0.114. The number of phenols is 1. The Morgan fingerprint density at radius 3 is 2.49 bits per heavy atom. The Morgan fingerprint density at radius 1 is 1.03 bits per heavy atom. The number of halogens is 1. The molecule has 10 nitrogen and oxygen atoms in total. The SMILES string of the molecule is N#Cc1cnn(-c2ncccn2)c1N.Nc1c(O)c(CNc2ccc(Cl)nc2)cc2ccccc12. The number of nitrogens with zero attached hydrogens (tertiary/aromatic N) is 6. The number of fused-ring (bicyclic) bond motifs is 1. The highest BCUT2D eigenvalue weighted by Gasteiger charge is 2.10. The van der Waals surface area contributed by atoms with Gasteiger partial charge in [-0.3, -0.25) is 0 Å². The molecule has 5 rings (SSSR count). The molecule has 35 heavy (non-hydrogen) atoms. The number of anilines is 3. The maximum absolute atomic E-state index is 10.2. The summed E-state index contributed by atoms with van der Waals surface area (Å²) in [5, 5.41) is 28.3. The van der Waals surface area contributed by atoms with E-state index in [2.05, 4.69) is 25.4 Å². The van der Waals surface area contributed by atoms with Gasteiger partial charge in [-0.2, -0.15) is 15.0 Å². The lowest BCUT2D eigenvalue weighted by Crippen LogP contribution is -2.06. The first-order valence-corrected chi connectivity index (χ1v) is 10.7. The molecule has 0 amide bonds. The number of nitrogens with two attached hydrogens (primary N) is 2. The molecule has 0 aliphatic rings. The van der Waals surface area contributed by atoms with Gasteiger partial charge in [-0.15, -0.1) is 0 Å². The van der Waals surface area contributed by atoms with Gasteiger partial charge in [-0.25, -0.2) is 15.0 Å². The van der Waals surface area contributed by atoms with Gasteiger partial charge >= 0.3 is 0 Å². The van der Waals surface area contributed by atoms with Crippen molar-refractivity contribution in [1.29, 1.82) is 5.26 Å². The molecule has 0 radical (unpaired) electrons. The van der Waals surface area contributed by atoms with Crippen molar-refractivity contribution in [3.63, 3.8) is 0 Å². The summed E-state index contributed by atoms with van der Waals surface area (Å²) in [6, 6.07) is 16.8. The number of benzene rings is 2. The highest BCUT2D eigenvalue weighted by molar-refractivity contribution is 6.29. The molecule has 0 saturated heterocycles. The van der Waals surface area contributed by atoms with Crippen molar-refractivity contribution in [2.75, 3.05) is 16.8 Å². The Hall–Kier alpha value is -4.88. The maximum Gasteiger partial charge on any atom is 0.252 e. The molecule has 0 atom stereocenters. The zero-order valence-corrected chi connectivity index (χ0v) is 19.1. The molecule has 5 aromatic rings. The number of nitriles is 1. The fourth-order valence-electron chi connectivity index (χ4n) is 3.24. The van der Waals surface area contributed by atoms with Crippen LogP contribution in [0.2, 0.25) is 5.15 Å². The monoisotopic (exact) mass is 485 g/mol. The van der Waals surface area contributed by atoms with Crippen LogP contribution in [0.5, 0.6) is 5.75 Å². The molecule has 0 unspecified atom stereocenters. The molecule has 0 fully saturated rings. The van der Waals surface area contributed by atoms with Gasteiger partial charge in [0.05, 0.1) is 23.8 Å². The number of aromatic hydroxyl groups is 1. The van der Waals surface area contributed by atoms with Gasteiger partial charge in [-0.1, -0.05) is 35.9 Å². The van der Waals surface area contributed by atoms with Crippen molar-refractivity contribution >= 4 is 39.6 Å². The van der Waals surface area contributed by atoms with E-state index in [1.54, 1.807) is 30.7 Å². The fraction of sp³-hybridized carbons (Fsp3) is 0.0417. The van der Waals surface area contributed by atoms with Crippen LogP contribution in [0, 0.1) is 11.3 Å². The van der Waals surface area contributed by atoms with Crippen molar-refractivity contribution in [3.05, 3.63) is 89.6 Å². The van der Waals surface area contributed by atoms with Crippen LogP contribution < -0.4 is 16.8 Å². The van der Waals surface area contributed by atoms with Crippen molar-refractivity contribution in [3.8, 4) is 17.8 Å². The van der Waals surface area contributed by atoms with Gasteiger partial charge in [0, 0.05) is 29.9 Å². The predicted molar refractivity (Wildman–Crippen MR) is 135 cm³/mol. The average Bonchev–Trinajstić information content (AvgIpc) is 3.27.